The quantitative estimate of drug-likeness (QED) is 0.101. The number of rotatable bonds is 16. The van der Waals surface area contributed by atoms with Crippen LogP contribution in [0.2, 0.25) is 0 Å². The summed E-state index contributed by atoms with van der Waals surface area (Å²) in [5.74, 6) is -1.29. The maximum Gasteiger partial charge on any atom is 0.408 e. The molecule has 0 radical (unpaired) electrons. The molecule has 350 valence electrons. The highest BCUT2D eigenvalue weighted by Gasteiger charge is 2.37. The van der Waals surface area contributed by atoms with Crippen molar-refractivity contribution in [3.05, 3.63) is 77.6 Å². The molecule has 2 aromatic heterocycles. The number of aliphatic carboxylic acids is 1. The van der Waals surface area contributed by atoms with E-state index in [2.05, 4.69) is 95.1 Å². The predicted octanol–water partition coefficient (Wildman–Crippen LogP) is 6.16. The third kappa shape index (κ3) is 10.7. The Morgan fingerprint density at radius 3 is 2.43 bits per heavy atom. The van der Waals surface area contributed by atoms with E-state index in [4.69, 9.17) is 14.5 Å². The number of anilines is 2. The van der Waals surface area contributed by atoms with E-state index in [9.17, 15) is 24.6 Å². The monoisotopic (exact) mass is 893 g/mol. The summed E-state index contributed by atoms with van der Waals surface area (Å²) in [6, 6.07) is 17.1. The topological polar surface area (TPSA) is 165 Å². The number of carboxylic acids is 1. The summed E-state index contributed by atoms with van der Waals surface area (Å²) in [7, 11) is 0. The maximum absolute atomic E-state index is 14.1. The Balaban J connectivity index is 1.09. The second-order valence-corrected chi connectivity index (χ2v) is 19.4. The number of nitrogens with zero attached hydrogens (tertiary/aromatic N) is 6. The second-order valence-electron chi connectivity index (χ2n) is 19.4. The molecule has 3 aliphatic heterocycles. The van der Waals surface area contributed by atoms with Gasteiger partial charge in [0, 0.05) is 93.6 Å². The Kier molecular flexibility index (Phi) is 14.3. The van der Waals surface area contributed by atoms with Gasteiger partial charge in [0.25, 0.3) is 5.91 Å². The Bertz CT molecular complexity index is 2300. The Morgan fingerprint density at radius 1 is 0.969 bits per heavy atom. The molecule has 1 aliphatic carbocycles. The van der Waals surface area contributed by atoms with Crippen LogP contribution in [0, 0.1) is 5.41 Å². The van der Waals surface area contributed by atoms with E-state index in [1.165, 1.54) is 23.4 Å². The lowest BCUT2D eigenvalue weighted by Gasteiger charge is -2.38. The van der Waals surface area contributed by atoms with Gasteiger partial charge in [0.05, 0.1) is 36.0 Å². The fourth-order valence-electron chi connectivity index (χ4n) is 9.83. The zero-order valence-electron chi connectivity index (χ0n) is 38.8. The molecule has 65 heavy (non-hydrogen) atoms. The van der Waals surface area contributed by atoms with Gasteiger partial charge in [-0.05, 0) is 85.8 Å². The summed E-state index contributed by atoms with van der Waals surface area (Å²) in [4.78, 5) is 51.8. The third-order valence-electron chi connectivity index (χ3n) is 13.6. The van der Waals surface area contributed by atoms with Crippen LogP contribution in [0.3, 0.4) is 0 Å². The van der Waals surface area contributed by atoms with E-state index in [1.54, 1.807) is 0 Å². The zero-order valence-corrected chi connectivity index (χ0v) is 38.8. The highest BCUT2D eigenvalue weighted by Crippen LogP contribution is 2.43. The zero-order chi connectivity index (χ0) is 45.8. The standard InChI is InChI=1S/C50H68N8O7/c1-6-57-44-17-16-36(25-39(44)41(28-50(4,5)32-59)46(57)40-26-37(29-51-45(40)33(2)3)55-21-19-54(20-22-55)35-14-15-35)56-23-24-64-38(30-56)27-43(47(60)58-18-10-13-42(53-58)48(61)62)52-49(63)65-31-34-11-8-7-9-12-34/h7-9,11-12,16-17,25-26,29,33,35,38,42-43,53,59H,6,10,13-15,18-24,27-28,30-32H2,1-5H3,(H,52,63)(H,61,62)/t38-,42-,43-/m0/s1. The number of amides is 2. The SMILES string of the molecule is CCn1c(-c2cc(N3CCN(C4CC4)CC3)cnc2C(C)C)c(CC(C)(C)CO)c2cc(N3CCO[C@@H](C[C@H](NC(=O)OCc4ccccc4)C(=O)N4CCC[C@@H](C(=O)O)N4)C3)ccc21. The van der Waals surface area contributed by atoms with Crippen molar-refractivity contribution in [1.29, 1.82) is 0 Å². The molecule has 4 N–H and O–H groups in total. The number of alkyl carbamates (subject to hydrolysis) is 1. The van der Waals surface area contributed by atoms with Gasteiger partial charge >= 0.3 is 12.1 Å². The van der Waals surface area contributed by atoms with Crippen LogP contribution < -0.4 is 20.5 Å². The molecule has 0 bridgehead atoms. The molecule has 2 amide bonds. The fourth-order valence-corrected chi connectivity index (χ4v) is 9.83. The number of carbonyl (C=O) groups excluding carboxylic acids is 2. The van der Waals surface area contributed by atoms with Crippen LogP contribution in [0.1, 0.15) is 89.5 Å². The van der Waals surface area contributed by atoms with Crippen LogP contribution in [0.25, 0.3) is 22.2 Å². The molecule has 8 rings (SSSR count). The molecule has 2 aromatic carbocycles. The first kappa shape index (κ1) is 46.3. The van der Waals surface area contributed by atoms with E-state index >= 15 is 0 Å². The number of carboxylic acid groups (broad SMARTS) is 1. The first-order chi connectivity index (χ1) is 31.3. The number of morpholine rings is 1. The van der Waals surface area contributed by atoms with Crippen LogP contribution in [-0.2, 0) is 38.6 Å². The van der Waals surface area contributed by atoms with Crippen LogP contribution in [0.4, 0.5) is 16.2 Å². The molecular formula is C50H68N8O7. The number of hydrazine groups is 1. The van der Waals surface area contributed by atoms with Crippen molar-refractivity contribution in [3.8, 4) is 11.3 Å². The number of carbonyl (C=O) groups is 3. The van der Waals surface area contributed by atoms with Gasteiger partial charge in [-0.2, -0.15) is 0 Å². The molecule has 0 spiro atoms. The molecule has 15 heteroatoms. The Hall–Kier alpha value is -5.22. The molecule has 3 saturated heterocycles. The van der Waals surface area contributed by atoms with Crippen LogP contribution in [-0.4, -0.2) is 131 Å². The van der Waals surface area contributed by atoms with Gasteiger partial charge in [0.1, 0.15) is 18.7 Å². The molecule has 4 fully saturated rings. The van der Waals surface area contributed by atoms with E-state index in [0.29, 0.717) is 45.5 Å². The number of piperazine rings is 1. The number of hydrogen-bond acceptors (Lipinski definition) is 11. The summed E-state index contributed by atoms with van der Waals surface area (Å²) < 4.78 is 14.3. The highest BCUT2D eigenvalue weighted by molar-refractivity contribution is 5.95. The van der Waals surface area contributed by atoms with Gasteiger partial charge in [0.15, 0.2) is 0 Å². The van der Waals surface area contributed by atoms with E-state index < -0.39 is 41.6 Å². The van der Waals surface area contributed by atoms with Crippen molar-refractivity contribution < 1.29 is 34.1 Å². The Labute approximate surface area is 383 Å². The van der Waals surface area contributed by atoms with Gasteiger partial charge < -0.3 is 39.4 Å². The van der Waals surface area contributed by atoms with Gasteiger partial charge in [-0.3, -0.25) is 24.5 Å². The maximum atomic E-state index is 14.1. The summed E-state index contributed by atoms with van der Waals surface area (Å²) in [5, 5.41) is 25.6. The van der Waals surface area contributed by atoms with Crippen LogP contribution >= 0.6 is 0 Å². The van der Waals surface area contributed by atoms with Crippen LogP contribution in [0.15, 0.2) is 60.8 Å². The molecule has 15 nitrogen and oxygen atoms in total. The summed E-state index contributed by atoms with van der Waals surface area (Å²) in [6.07, 6.45) is 5.21. The van der Waals surface area contributed by atoms with E-state index in [1.807, 2.05) is 30.3 Å². The molecule has 4 aliphatic rings. The van der Waals surface area contributed by atoms with Crippen molar-refractivity contribution in [2.45, 2.75) is 116 Å². The predicted molar refractivity (Wildman–Crippen MR) is 252 cm³/mol. The molecule has 3 atom stereocenters. The Morgan fingerprint density at radius 2 is 1.74 bits per heavy atom. The molecule has 5 heterocycles. The summed E-state index contributed by atoms with van der Waals surface area (Å²) >= 11 is 0. The van der Waals surface area contributed by atoms with Crippen molar-refractivity contribution in [2.24, 2.45) is 5.41 Å². The van der Waals surface area contributed by atoms with Gasteiger partial charge in [-0.1, -0.05) is 58.0 Å². The van der Waals surface area contributed by atoms with Crippen molar-refractivity contribution in [3.63, 3.8) is 0 Å². The lowest BCUT2D eigenvalue weighted by atomic mass is 9.84. The lowest BCUT2D eigenvalue weighted by molar-refractivity contribution is -0.148. The first-order valence-electron chi connectivity index (χ1n) is 23.7. The number of aliphatic hydroxyl groups excluding tert-OH is 1. The summed E-state index contributed by atoms with van der Waals surface area (Å²) in [5.41, 5.74) is 11.1. The normalized spacial score (nSPS) is 20.3. The minimum absolute atomic E-state index is 0.0319. The van der Waals surface area contributed by atoms with E-state index in [0.717, 1.165) is 83.6 Å². The number of benzene rings is 2. The smallest absolute Gasteiger partial charge is 0.408 e. The number of fused-ring (bicyclic) bond motifs is 1. The number of nitrogens with one attached hydrogen (secondary N) is 2. The number of aryl methyl sites for hydroxylation is 1. The van der Waals surface area contributed by atoms with E-state index in [-0.39, 0.29) is 25.6 Å². The van der Waals surface area contributed by atoms with Crippen LogP contribution in [0.5, 0.6) is 0 Å². The average molecular weight is 893 g/mol. The molecule has 4 aromatic rings. The first-order valence-corrected chi connectivity index (χ1v) is 23.7. The van der Waals surface area contributed by atoms with Crippen molar-refractivity contribution >= 4 is 40.2 Å². The number of ether oxygens (including phenoxy) is 2. The van der Waals surface area contributed by atoms with Gasteiger partial charge in [0.2, 0.25) is 0 Å². The molecule has 0 unspecified atom stereocenters. The fraction of sp³-hybridized carbons (Fsp3) is 0.560. The molecule has 1 saturated carbocycles. The number of aliphatic hydroxyl groups is 1. The number of pyridine rings is 1. The lowest BCUT2D eigenvalue weighted by Crippen LogP contribution is -2.60. The van der Waals surface area contributed by atoms with Crippen molar-refractivity contribution in [1.82, 2.24) is 30.2 Å². The minimum atomic E-state index is -1.04. The average Bonchev–Trinajstić information content (AvgIpc) is 4.13. The minimum Gasteiger partial charge on any atom is -0.480 e. The number of aromatic nitrogens is 2. The van der Waals surface area contributed by atoms with Gasteiger partial charge in [-0.25, -0.2) is 10.2 Å². The second kappa shape index (κ2) is 20.1. The van der Waals surface area contributed by atoms with Crippen molar-refractivity contribution in [2.75, 3.05) is 68.8 Å². The largest absolute Gasteiger partial charge is 0.480 e. The van der Waals surface area contributed by atoms with Gasteiger partial charge in [-0.15, -0.1) is 0 Å². The highest BCUT2D eigenvalue weighted by atomic mass is 16.5. The molecular weight excluding hydrogens is 825 g/mol. The third-order valence-corrected chi connectivity index (χ3v) is 13.6. The summed E-state index contributed by atoms with van der Waals surface area (Å²) in [6.45, 7) is 17.5. The number of hydrogen-bond donors (Lipinski definition) is 4.